The summed E-state index contributed by atoms with van der Waals surface area (Å²) in [5.74, 6) is -0.202. The van der Waals surface area contributed by atoms with Crippen LogP contribution in [0.2, 0.25) is 0 Å². The van der Waals surface area contributed by atoms with Crippen LogP contribution in [-0.4, -0.2) is 25.0 Å². The number of cyclic esters (lactones) is 1. The summed E-state index contributed by atoms with van der Waals surface area (Å²) in [6.07, 6.45) is -1.72. The summed E-state index contributed by atoms with van der Waals surface area (Å²) in [5, 5.41) is 4.81. The van der Waals surface area contributed by atoms with Crippen LogP contribution >= 0.6 is 0 Å². The van der Waals surface area contributed by atoms with E-state index in [-0.39, 0.29) is 5.91 Å². The number of ether oxygens (including phenoxy) is 2. The summed E-state index contributed by atoms with van der Waals surface area (Å²) in [4.78, 5) is 34.8. The molecular formula is C17H14N2O5. The van der Waals surface area contributed by atoms with Gasteiger partial charge in [-0.25, -0.2) is 4.79 Å². The maximum absolute atomic E-state index is 12.2. The third-order valence-electron chi connectivity index (χ3n) is 3.49. The van der Waals surface area contributed by atoms with Crippen LogP contribution in [0.3, 0.4) is 0 Å². The first kappa shape index (κ1) is 15.5. The summed E-state index contributed by atoms with van der Waals surface area (Å²) in [7, 11) is 1.53. The molecule has 0 spiro atoms. The number of carbonyl (C=O) groups excluding carboxylic acids is 3. The predicted octanol–water partition coefficient (Wildman–Crippen LogP) is 2.25. The average molecular weight is 326 g/mol. The molecule has 1 aliphatic rings. The van der Waals surface area contributed by atoms with Crippen molar-refractivity contribution in [2.45, 2.75) is 6.10 Å². The molecule has 1 heterocycles. The maximum Gasteiger partial charge on any atom is 0.415 e. The normalized spacial score (nSPS) is 16.3. The van der Waals surface area contributed by atoms with Crippen LogP contribution in [0.1, 0.15) is 22.0 Å². The molecule has 1 atom stereocenters. The molecule has 0 radical (unpaired) electrons. The average Bonchev–Trinajstić information content (AvgIpc) is 2.94. The molecule has 0 aromatic heterocycles. The van der Waals surface area contributed by atoms with Gasteiger partial charge in [-0.05, 0) is 30.3 Å². The molecule has 24 heavy (non-hydrogen) atoms. The molecule has 122 valence electrons. The second-order valence-corrected chi connectivity index (χ2v) is 5.08. The highest BCUT2D eigenvalue weighted by Gasteiger charge is 2.33. The Morgan fingerprint density at radius 3 is 2.54 bits per heavy atom. The molecule has 1 unspecified atom stereocenters. The third-order valence-corrected chi connectivity index (χ3v) is 3.49. The maximum atomic E-state index is 12.2. The molecule has 2 aromatic carbocycles. The van der Waals surface area contributed by atoms with Crippen LogP contribution < -0.4 is 15.4 Å². The predicted molar refractivity (Wildman–Crippen MR) is 84.8 cm³/mol. The topological polar surface area (TPSA) is 93.7 Å². The fourth-order valence-electron chi connectivity index (χ4n) is 2.28. The van der Waals surface area contributed by atoms with Gasteiger partial charge < -0.3 is 14.8 Å². The van der Waals surface area contributed by atoms with E-state index in [1.165, 1.54) is 7.11 Å². The van der Waals surface area contributed by atoms with Crippen LogP contribution in [0, 0.1) is 0 Å². The molecule has 7 heteroatoms. The van der Waals surface area contributed by atoms with Gasteiger partial charge >= 0.3 is 6.09 Å². The number of benzene rings is 2. The zero-order chi connectivity index (χ0) is 17.1. The fraction of sp³-hybridized carbons (Fsp3) is 0.118. The number of nitrogens with one attached hydrogen (secondary N) is 2. The van der Waals surface area contributed by atoms with Crippen LogP contribution in [0.15, 0.2) is 48.5 Å². The first-order valence-electron chi connectivity index (χ1n) is 7.13. The second-order valence-electron chi connectivity index (χ2n) is 5.08. The van der Waals surface area contributed by atoms with Crippen LogP contribution in [0.4, 0.5) is 10.5 Å². The van der Waals surface area contributed by atoms with Gasteiger partial charge in [-0.2, -0.15) is 0 Å². The van der Waals surface area contributed by atoms with E-state index in [9.17, 15) is 14.4 Å². The van der Waals surface area contributed by atoms with Crippen LogP contribution in [0.5, 0.6) is 5.75 Å². The van der Waals surface area contributed by atoms with E-state index in [1.54, 1.807) is 48.5 Å². The first-order valence-corrected chi connectivity index (χ1v) is 7.13. The van der Waals surface area contributed by atoms with Gasteiger partial charge in [0.15, 0.2) is 0 Å². The summed E-state index contributed by atoms with van der Waals surface area (Å²) in [5.41, 5.74) is 1.54. The Hall–Kier alpha value is -3.35. The van der Waals surface area contributed by atoms with Crippen LogP contribution in [0.25, 0.3) is 0 Å². The molecule has 1 aliphatic heterocycles. The number of hydrogen-bond acceptors (Lipinski definition) is 5. The lowest BCUT2D eigenvalue weighted by molar-refractivity contribution is -0.123. The van der Waals surface area contributed by atoms with E-state index in [2.05, 4.69) is 10.6 Å². The monoisotopic (exact) mass is 326 g/mol. The zero-order valence-corrected chi connectivity index (χ0v) is 12.7. The Morgan fingerprint density at radius 1 is 1.17 bits per heavy atom. The molecule has 3 amide bonds. The first-order chi connectivity index (χ1) is 11.6. The molecule has 1 saturated heterocycles. The van der Waals surface area contributed by atoms with Gasteiger partial charge in [0.1, 0.15) is 5.75 Å². The lowest BCUT2D eigenvalue weighted by Crippen LogP contribution is -2.20. The van der Waals surface area contributed by atoms with E-state index < -0.39 is 18.1 Å². The van der Waals surface area contributed by atoms with Crippen molar-refractivity contribution in [1.29, 1.82) is 0 Å². The van der Waals surface area contributed by atoms with Gasteiger partial charge in [0, 0.05) is 16.8 Å². The number of hydrogen-bond donors (Lipinski definition) is 2. The number of rotatable bonds is 4. The molecule has 7 nitrogen and oxygen atoms in total. The highest BCUT2D eigenvalue weighted by Crippen LogP contribution is 2.23. The lowest BCUT2D eigenvalue weighted by atomic mass is 10.1. The van der Waals surface area contributed by atoms with Crippen molar-refractivity contribution >= 4 is 23.6 Å². The minimum absolute atomic E-state index is 0.285. The Kier molecular flexibility index (Phi) is 4.15. The second kappa shape index (κ2) is 6.41. The molecule has 0 bridgehead atoms. The van der Waals surface area contributed by atoms with Gasteiger partial charge in [-0.1, -0.05) is 18.2 Å². The largest absolute Gasteiger partial charge is 0.497 e. The molecule has 2 N–H and O–H groups in total. The quantitative estimate of drug-likeness (QED) is 0.899. The third kappa shape index (κ3) is 3.19. The summed E-state index contributed by atoms with van der Waals surface area (Å²) in [6, 6.07) is 13.3. The van der Waals surface area contributed by atoms with Gasteiger partial charge in [0.25, 0.3) is 11.8 Å². The summed E-state index contributed by atoms with van der Waals surface area (Å²) >= 11 is 0. The lowest BCUT2D eigenvalue weighted by Gasteiger charge is -2.09. The van der Waals surface area contributed by atoms with Crippen molar-refractivity contribution in [3.8, 4) is 5.75 Å². The van der Waals surface area contributed by atoms with E-state index in [0.29, 0.717) is 22.6 Å². The van der Waals surface area contributed by atoms with Crippen molar-refractivity contribution in [3.05, 3.63) is 59.7 Å². The summed E-state index contributed by atoms with van der Waals surface area (Å²) in [6.45, 7) is 0. The number of imide groups is 1. The van der Waals surface area contributed by atoms with E-state index >= 15 is 0 Å². The van der Waals surface area contributed by atoms with E-state index in [4.69, 9.17) is 9.47 Å². The van der Waals surface area contributed by atoms with Crippen molar-refractivity contribution in [2.75, 3.05) is 12.4 Å². The van der Waals surface area contributed by atoms with Crippen molar-refractivity contribution in [3.63, 3.8) is 0 Å². The standard InChI is InChI=1S/C17H14N2O5/c1-23-13-4-2-3-11(9-13)15(20)18-12-7-5-10(6-8-12)14-16(21)19-17(22)24-14/h2-9,14H,1H3,(H,18,20)(H,19,21,22). The fourth-order valence-corrected chi connectivity index (χ4v) is 2.28. The number of carbonyl (C=O) groups is 3. The van der Waals surface area contributed by atoms with Crippen molar-refractivity contribution in [2.24, 2.45) is 0 Å². The van der Waals surface area contributed by atoms with Gasteiger partial charge in [0.2, 0.25) is 6.10 Å². The highest BCUT2D eigenvalue weighted by molar-refractivity contribution is 6.04. The number of amides is 3. The number of alkyl carbamates (subject to hydrolysis) is 1. The minimum atomic E-state index is -0.958. The Balaban J connectivity index is 1.71. The van der Waals surface area contributed by atoms with Gasteiger partial charge in [-0.15, -0.1) is 0 Å². The molecular weight excluding hydrogens is 312 g/mol. The summed E-state index contributed by atoms with van der Waals surface area (Å²) < 4.78 is 9.96. The SMILES string of the molecule is COc1cccc(C(=O)Nc2ccc(C3OC(=O)NC3=O)cc2)c1. The van der Waals surface area contributed by atoms with Crippen molar-refractivity contribution < 1.29 is 23.9 Å². The Bertz CT molecular complexity index is 801. The molecule has 3 rings (SSSR count). The molecule has 1 fully saturated rings. The molecule has 0 aliphatic carbocycles. The van der Waals surface area contributed by atoms with Gasteiger partial charge in [0.05, 0.1) is 7.11 Å². The van der Waals surface area contributed by atoms with Gasteiger partial charge in [-0.3, -0.25) is 14.9 Å². The number of anilines is 1. The highest BCUT2D eigenvalue weighted by atomic mass is 16.6. The zero-order valence-electron chi connectivity index (χ0n) is 12.7. The van der Waals surface area contributed by atoms with Crippen molar-refractivity contribution in [1.82, 2.24) is 5.32 Å². The Morgan fingerprint density at radius 2 is 1.92 bits per heavy atom. The molecule has 0 saturated carbocycles. The van der Waals surface area contributed by atoms with E-state index in [0.717, 1.165) is 0 Å². The Labute approximate surface area is 137 Å². The number of methoxy groups -OCH3 is 1. The minimum Gasteiger partial charge on any atom is -0.497 e. The van der Waals surface area contributed by atoms with E-state index in [1.807, 2.05) is 0 Å². The van der Waals surface area contributed by atoms with Crippen LogP contribution in [-0.2, 0) is 9.53 Å². The smallest absolute Gasteiger partial charge is 0.415 e. The molecule has 2 aromatic rings.